The average Bonchev–Trinajstić information content (AvgIpc) is 3.36. The molecule has 1 unspecified atom stereocenters. The first kappa shape index (κ1) is 66.6. The summed E-state index contributed by atoms with van der Waals surface area (Å²) in [5.74, 6) is -0.908. The first-order valence-corrected chi connectivity index (χ1v) is 29.6. The van der Waals surface area contributed by atoms with E-state index in [0.717, 1.165) is 116 Å². The lowest BCUT2D eigenvalue weighted by molar-refractivity contribution is -0.167. The number of allylic oxidation sites excluding steroid dienone is 14. The molecule has 0 aromatic carbocycles. The first-order chi connectivity index (χ1) is 34.5. The summed E-state index contributed by atoms with van der Waals surface area (Å²) in [6, 6.07) is 0. The quantitative estimate of drug-likeness (QED) is 0.0261. The van der Waals surface area contributed by atoms with Crippen molar-refractivity contribution in [2.45, 2.75) is 290 Å². The summed E-state index contributed by atoms with van der Waals surface area (Å²) in [4.78, 5) is 37.9. The van der Waals surface area contributed by atoms with E-state index in [2.05, 4.69) is 106 Å². The lowest BCUT2D eigenvalue weighted by Gasteiger charge is -2.18. The van der Waals surface area contributed by atoms with Crippen molar-refractivity contribution in [1.82, 2.24) is 0 Å². The van der Waals surface area contributed by atoms with Gasteiger partial charge in [0.1, 0.15) is 13.2 Å². The number of carbonyl (C=O) groups excluding carboxylic acids is 3. The Labute approximate surface area is 433 Å². The van der Waals surface area contributed by atoms with E-state index in [9.17, 15) is 14.4 Å². The second kappa shape index (κ2) is 58.2. The number of ether oxygens (including phenoxy) is 3. The fourth-order valence-corrected chi connectivity index (χ4v) is 8.21. The highest BCUT2D eigenvalue weighted by Crippen LogP contribution is 2.15. The van der Waals surface area contributed by atoms with Gasteiger partial charge in [-0.15, -0.1) is 0 Å². The lowest BCUT2D eigenvalue weighted by atomic mass is 10.0. The van der Waals surface area contributed by atoms with Gasteiger partial charge < -0.3 is 14.2 Å². The van der Waals surface area contributed by atoms with Crippen molar-refractivity contribution < 1.29 is 28.6 Å². The van der Waals surface area contributed by atoms with Crippen LogP contribution >= 0.6 is 0 Å². The van der Waals surface area contributed by atoms with Crippen LogP contribution in [-0.4, -0.2) is 37.2 Å². The number of hydrogen-bond acceptors (Lipinski definition) is 6. The highest BCUT2D eigenvalue weighted by molar-refractivity contribution is 5.71. The van der Waals surface area contributed by atoms with E-state index in [-0.39, 0.29) is 31.1 Å². The first-order valence-electron chi connectivity index (χ1n) is 29.6. The molecule has 0 spiro atoms. The van der Waals surface area contributed by atoms with Crippen LogP contribution in [0.4, 0.5) is 0 Å². The van der Waals surface area contributed by atoms with Gasteiger partial charge in [0, 0.05) is 19.3 Å². The molecule has 0 saturated carbocycles. The zero-order valence-electron chi connectivity index (χ0n) is 46.0. The molecular weight excluding hydrogens is 865 g/mol. The molecule has 0 amide bonds. The van der Waals surface area contributed by atoms with Crippen molar-refractivity contribution in [3.05, 3.63) is 85.1 Å². The predicted octanol–water partition coefficient (Wildman–Crippen LogP) is 19.9. The van der Waals surface area contributed by atoms with Gasteiger partial charge in [-0.2, -0.15) is 0 Å². The van der Waals surface area contributed by atoms with Gasteiger partial charge in [0.15, 0.2) is 6.10 Å². The van der Waals surface area contributed by atoms with Crippen LogP contribution in [0.2, 0.25) is 0 Å². The molecule has 0 radical (unpaired) electrons. The summed E-state index contributed by atoms with van der Waals surface area (Å²) >= 11 is 0. The molecule has 0 N–H and O–H groups in total. The Morgan fingerprint density at radius 2 is 0.557 bits per heavy atom. The minimum atomic E-state index is -0.784. The topological polar surface area (TPSA) is 78.9 Å². The van der Waals surface area contributed by atoms with Gasteiger partial charge in [0.2, 0.25) is 0 Å². The van der Waals surface area contributed by atoms with Gasteiger partial charge in [0.25, 0.3) is 0 Å². The smallest absolute Gasteiger partial charge is 0.306 e. The largest absolute Gasteiger partial charge is 0.462 e. The van der Waals surface area contributed by atoms with Crippen LogP contribution in [0.1, 0.15) is 284 Å². The third kappa shape index (κ3) is 55.5. The van der Waals surface area contributed by atoms with Gasteiger partial charge in [-0.25, -0.2) is 0 Å². The summed E-state index contributed by atoms with van der Waals surface area (Å²) in [6.07, 6.45) is 76.1. The molecule has 70 heavy (non-hydrogen) atoms. The Kier molecular flexibility index (Phi) is 55.3. The molecule has 0 aliphatic rings. The Hall–Kier alpha value is -3.41. The van der Waals surface area contributed by atoms with Gasteiger partial charge in [-0.05, 0) is 96.3 Å². The summed E-state index contributed by atoms with van der Waals surface area (Å²) in [5, 5.41) is 0. The van der Waals surface area contributed by atoms with E-state index in [1.54, 1.807) is 0 Å². The molecule has 0 aromatic heterocycles. The number of rotatable bonds is 53. The van der Waals surface area contributed by atoms with Crippen molar-refractivity contribution in [2.24, 2.45) is 0 Å². The third-order valence-corrected chi connectivity index (χ3v) is 12.6. The monoisotopic (exact) mass is 975 g/mol. The van der Waals surface area contributed by atoms with Crippen molar-refractivity contribution >= 4 is 17.9 Å². The molecule has 1 atom stereocenters. The second-order valence-electron chi connectivity index (χ2n) is 19.5. The SMILES string of the molecule is CC/C=C\C/C=C\C/C=C\C/C=C\C/C=C\CCCCCCCC(=O)OC(COC(=O)CCCCCCCC)COC(=O)CCCCCCCCCCCCCCC/C=C\C/C=C\CCCCCCC. The molecular formula is C64H110O6. The zero-order chi connectivity index (χ0) is 50.7. The fourth-order valence-electron chi connectivity index (χ4n) is 8.21. The van der Waals surface area contributed by atoms with Gasteiger partial charge in [-0.1, -0.05) is 254 Å². The molecule has 0 bridgehead atoms. The van der Waals surface area contributed by atoms with Crippen LogP contribution in [0, 0.1) is 0 Å². The maximum Gasteiger partial charge on any atom is 0.306 e. The summed E-state index contributed by atoms with van der Waals surface area (Å²) < 4.78 is 16.8. The molecule has 6 nitrogen and oxygen atoms in total. The van der Waals surface area contributed by atoms with E-state index in [4.69, 9.17) is 14.2 Å². The highest BCUT2D eigenvalue weighted by Gasteiger charge is 2.19. The minimum absolute atomic E-state index is 0.0839. The molecule has 402 valence electrons. The molecule has 0 fully saturated rings. The Morgan fingerprint density at radius 1 is 0.300 bits per heavy atom. The highest BCUT2D eigenvalue weighted by atomic mass is 16.6. The number of unbranched alkanes of at least 4 members (excludes halogenated alkanes) is 28. The van der Waals surface area contributed by atoms with E-state index in [0.29, 0.717) is 19.3 Å². The van der Waals surface area contributed by atoms with Crippen LogP contribution < -0.4 is 0 Å². The van der Waals surface area contributed by atoms with Crippen LogP contribution in [-0.2, 0) is 28.6 Å². The van der Waals surface area contributed by atoms with Crippen molar-refractivity contribution in [2.75, 3.05) is 13.2 Å². The third-order valence-electron chi connectivity index (χ3n) is 12.6. The Morgan fingerprint density at radius 3 is 0.871 bits per heavy atom. The summed E-state index contributed by atoms with van der Waals surface area (Å²) in [7, 11) is 0. The van der Waals surface area contributed by atoms with Gasteiger partial charge >= 0.3 is 17.9 Å². The molecule has 0 aliphatic carbocycles. The zero-order valence-corrected chi connectivity index (χ0v) is 46.0. The van der Waals surface area contributed by atoms with Crippen molar-refractivity contribution in [3.63, 3.8) is 0 Å². The number of hydrogen-bond donors (Lipinski definition) is 0. The lowest BCUT2D eigenvalue weighted by Crippen LogP contribution is -2.30. The summed E-state index contributed by atoms with van der Waals surface area (Å²) in [5.41, 5.74) is 0. The minimum Gasteiger partial charge on any atom is -0.462 e. The summed E-state index contributed by atoms with van der Waals surface area (Å²) in [6.45, 7) is 6.45. The predicted molar refractivity (Wildman–Crippen MR) is 302 cm³/mol. The molecule has 0 aliphatic heterocycles. The van der Waals surface area contributed by atoms with E-state index in [1.807, 2.05) is 0 Å². The van der Waals surface area contributed by atoms with Gasteiger partial charge in [0.05, 0.1) is 0 Å². The second-order valence-corrected chi connectivity index (χ2v) is 19.5. The molecule has 0 aromatic rings. The number of esters is 3. The van der Waals surface area contributed by atoms with Crippen molar-refractivity contribution in [1.29, 1.82) is 0 Å². The Bertz CT molecular complexity index is 1350. The van der Waals surface area contributed by atoms with Gasteiger partial charge in [-0.3, -0.25) is 14.4 Å². The number of carbonyl (C=O) groups is 3. The molecule has 6 heteroatoms. The van der Waals surface area contributed by atoms with Crippen LogP contribution in [0.3, 0.4) is 0 Å². The van der Waals surface area contributed by atoms with Crippen LogP contribution in [0.5, 0.6) is 0 Å². The van der Waals surface area contributed by atoms with Crippen LogP contribution in [0.25, 0.3) is 0 Å². The normalized spacial score (nSPS) is 12.7. The fraction of sp³-hybridized carbons (Fsp3) is 0.734. The van der Waals surface area contributed by atoms with E-state index < -0.39 is 6.10 Å². The maximum atomic E-state index is 12.8. The Balaban J connectivity index is 4.16. The van der Waals surface area contributed by atoms with Crippen molar-refractivity contribution in [3.8, 4) is 0 Å². The maximum absolute atomic E-state index is 12.8. The molecule has 0 rings (SSSR count). The standard InChI is InChI=1S/C64H110O6/c1-4-7-10-13-16-18-20-22-24-26-28-30-31-32-33-35-36-38-40-42-44-46-48-51-54-57-63(66)69-60-61(59-68-62(65)56-53-50-15-12-9-6-3)70-64(67)58-55-52-49-47-45-43-41-39-37-34-29-27-25-23-21-19-17-14-11-8-5-2/h8,11,17,19-20,22-23,25-26,28-29,34,39,41,61H,4-7,9-10,12-16,18,21,24,27,30-33,35-38,40,42-60H2,1-3H3/b11-8-,19-17-,22-20-,25-23-,28-26-,34-29-,41-39-. The molecule has 0 heterocycles. The van der Waals surface area contributed by atoms with E-state index in [1.165, 1.54) is 128 Å². The molecule has 0 saturated heterocycles. The van der Waals surface area contributed by atoms with Crippen LogP contribution in [0.15, 0.2) is 85.1 Å². The average molecular weight is 976 g/mol. The van der Waals surface area contributed by atoms with E-state index >= 15 is 0 Å².